The van der Waals surface area contributed by atoms with Crippen LogP contribution < -0.4 is 5.32 Å². The minimum atomic E-state index is -4.35. The molecule has 10 heteroatoms. The van der Waals surface area contributed by atoms with Crippen molar-refractivity contribution in [2.45, 2.75) is 57.3 Å². The van der Waals surface area contributed by atoms with Crippen LogP contribution in [-0.4, -0.2) is 51.1 Å². The molecule has 1 fully saturated rings. The van der Waals surface area contributed by atoms with E-state index >= 15 is 0 Å². The van der Waals surface area contributed by atoms with Crippen molar-refractivity contribution < 1.29 is 22.5 Å². The van der Waals surface area contributed by atoms with Crippen LogP contribution in [-0.2, 0) is 0 Å². The number of aryl methyl sites for hydroxylation is 1. The minimum absolute atomic E-state index is 0.0578. The normalized spacial score (nSPS) is 25.3. The highest BCUT2D eigenvalue weighted by Crippen LogP contribution is 2.40. The largest absolute Gasteiger partial charge is 0.410 e. The Labute approximate surface area is 159 Å². The summed E-state index contributed by atoms with van der Waals surface area (Å²) in [6.07, 6.45) is -2.90. The summed E-state index contributed by atoms with van der Waals surface area (Å²) in [5.41, 5.74) is 1.20. The molecule has 0 saturated carbocycles. The van der Waals surface area contributed by atoms with Gasteiger partial charge in [-0.1, -0.05) is 5.16 Å². The Morgan fingerprint density at radius 2 is 2.14 bits per heavy atom. The summed E-state index contributed by atoms with van der Waals surface area (Å²) in [7, 11) is 0. The second kappa shape index (κ2) is 6.82. The molecule has 4 rings (SSSR count). The fourth-order valence-corrected chi connectivity index (χ4v) is 4.00. The van der Waals surface area contributed by atoms with Gasteiger partial charge >= 0.3 is 6.18 Å². The van der Waals surface area contributed by atoms with Crippen molar-refractivity contribution in [2.24, 2.45) is 0 Å². The first-order chi connectivity index (χ1) is 13.2. The zero-order valence-electron chi connectivity index (χ0n) is 15.7. The van der Waals surface area contributed by atoms with Crippen LogP contribution in [0.4, 0.5) is 19.0 Å². The van der Waals surface area contributed by atoms with Gasteiger partial charge < -0.3 is 14.7 Å². The van der Waals surface area contributed by atoms with Gasteiger partial charge in [0.1, 0.15) is 5.82 Å². The van der Waals surface area contributed by atoms with Gasteiger partial charge in [0.2, 0.25) is 5.76 Å². The van der Waals surface area contributed by atoms with E-state index in [0.717, 1.165) is 17.5 Å². The van der Waals surface area contributed by atoms with E-state index < -0.39 is 12.2 Å². The minimum Gasteiger partial charge on any atom is -0.368 e. The van der Waals surface area contributed by atoms with Gasteiger partial charge in [0.05, 0.1) is 11.4 Å². The summed E-state index contributed by atoms with van der Waals surface area (Å²) in [6.45, 7) is 4.43. The number of nitrogens with one attached hydrogen (secondary N) is 1. The molecule has 7 nitrogen and oxygen atoms in total. The summed E-state index contributed by atoms with van der Waals surface area (Å²) >= 11 is 0. The lowest BCUT2D eigenvalue weighted by Crippen LogP contribution is -2.39. The third-order valence-electron chi connectivity index (χ3n) is 5.36. The van der Waals surface area contributed by atoms with Crippen LogP contribution in [0.2, 0.25) is 0 Å². The maximum atomic E-state index is 13.4. The number of nitrogens with zero attached hydrogens (tertiary/aromatic N) is 4. The number of fused-ring (bicyclic) bond motifs is 1. The highest BCUT2D eigenvalue weighted by atomic mass is 19.4. The number of piperidine rings is 1. The summed E-state index contributed by atoms with van der Waals surface area (Å²) in [4.78, 5) is 14.3. The summed E-state index contributed by atoms with van der Waals surface area (Å²) in [5.74, 6) is 0.181. The van der Waals surface area contributed by atoms with Crippen molar-refractivity contribution in [2.75, 3.05) is 18.4 Å². The van der Waals surface area contributed by atoms with E-state index in [4.69, 9.17) is 4.52 Å². The highest BCUT2D eigenvalue weighted by molar-refractivity contribution is 5.91. The quantitative estimate of drug-likeness (QED) is 0.839. The molecule has 0 bridgehead atoms. The van der Waals surface area contributed by atoms with E-state index in [-0.39, 0.29) is 30.0 Å². The molecule has 1 N–H and O–H groups in total. The van der Waals surface area contributed by atoms with E-state index in [0.29, 0.717) is 30.3 Å². The molecule has 0 spiro atoms. The van der Waals surface area contributed by atoms with Gasteiger partial charge in [-0.25, -0.2) is 4.68 Å². The fraction of sp³-hybridized carbons (Fsp3) is 0.611. The third-order valence-corrected chi connectivity index (χ3v) is 5.36. The lowest BCUT2D eigenvalue weighted by atomic mass is 9.94. The second-order valence-electron chi connectivity index (χ2n) is 7.66. The molecule has 2 aliphatic heterocycles. The monoisotopic (exact) mass is 397 g/mol. The maximum Gasteiger partial charge on any atom is 0.410 e. The second-order valence-corrected chi connectivity index (χ2v) is 7.66. The zero-order valence-corrected chi connectivity index (χ0v) is 15.7. The molecule has 4 heterocycles. The van der Waals surface area contributed by atoms with Crippen LogP contribution in [0, 0.1) is 6.92 Å². The molecule has 3 atom stereocenters. The third kappa shape index (κ3) is 3.47. The van der Waals surface area contributed by atoms with Gasteiger partial charge in [-0.3, -0.25) is 4.79 Å². The molecule has 0 radical (unpaired) electrons. The van der Waals surface area contributed by atoms with Crippen LogP contribution in [0.25, 0.3) is 0 Å². The number of aromatic nitrogens is 3. The molecule has 0 aromatic carbocycles. The molecular formula is C18H22F3N5O2. The predicted molar refractivity (Wildman–Crippen MR) is 94.1 cm³/mol. The molecular weight excluding hydrogens is 375 g/mol. The van der Waals surface area contributed by atoms with Gasteiger partial charge in [0.25, 0.3) is 5.91 Å². The standard InChI is InChI=1S/C18H22F3N5O2/c1-10-7-15(18(19,20)21)26-16(22-10)8-13(23-26)12-4-3-5-25(9-12)17(27)14-6-11(2)24-28-14/h6,8,10,12,15,22H,3-5,7,9H2,1-2H3/t10-,12+,15-/m1/s1. The Kier molecular flexibility index (Phi) is 4.59. The number of amides is 1. The number of carbonyl (C=O) groups is 1. The SMILES string of the molecule is Cc1cc(C(=O)N2CCC[C@H](c3cc4n(n3)[C@@H](C(F)(F)F)C[C@@H](C)N4)C2)on1. The average molecular weight is 397 g/mol. The molecule has 152 valence electrons. The van der Waals surface area contributed by atoms with Crippen LogP contribution in [0.15, 0.2) is 16.7 Å². The molecule has 2 aliphatic rings. The summed E-state index contributed by atoms with van der Waals surface area (Å²) in [6, 6.07) is 1.35. The van der Waals surface area contributed by atoms with Crippen molar-refractivity contribution in [1.82, 2.24) is 19.8 Å². The lowest BCUT2D eigenvalue weighted by Gasteiger charge is -2.32. The van der Waals surface area contributed by atoms with Crippen molar-refractivity contribution >= 4 is 11.7 Å². The Hall–Kier alpha value is -2.52. The summed E-state index contributed by atoms with van der Waals surface area (Å²) < 4.78 is 46.4. The number of hydrogen-bond donors (Lipinski definition) is 1. The number of hydrogen-bond acceptors (Lipinski definition) is 5. The topological polar surface area (TPSA) is 76.2 Å². The first kappa shape index (κ1) is 18.8. The Morgan fingerprint density at radius 1 is 1.36 bits per heavy atom. The average Bonchev–Trinajstić information content (AvgIpc) is 3.26. The first-order valence-electron chi connectivity index (χ1n) is 9.37. The molecule has 28 heavy (non-hydrogen) atoms. The van der Waals surface area contributed by atoms with Crippen molar-refractivity contribution in [3.63, 3.8) is 0 Å². The number of carbonyl (C=O) groups excluding carboxylic acids is 1. The molecule has 1 saturated heterocycles. The van der Waals surface area contributed by atoms with E-state index in [1.54, 1.807) is 30.9 Å². The maximum absolute atomic E-state index is 13.4. The van der Waals surface area contributed by atoms with E-state index in [2.05, 4.69) is 15.6 Å². The Morgan fingerprint density at radius 3 is 2.82 bits per heavy atom. The Balaban J connectivity index is 1.56. The first-order valence-corrected chi connectivity index (χ1v) is 9.37. The number of anilines is 1. The van der Waals surface area contributed by atoms with Gasteiger partial charge in [-0.05, 0) is 33.1 Å². The molecule has 0 aliphatic carbocycles. The number of alkyl halides is 3. The van der Waals surface area contributed by atoms with Crippen LogP contribution in [0.1, 0.15) is 60.1 Å². The molecule has 1 amide bonds. The van der Waals surface area contributed by atoms with E-state index in [1.165, 1.54) is 0 Å². The van der Waals surface area contributed by atoms with Crippen molar-refractivity contribution in [3.8, 4) is 0 Å². The fourth-order valence-electron chi connectivity index (χ4n) is 4.00. The number of rotatable bonds is 2. The summed E-state index contributed by atoms with van der Waals surface area (Å²) in [5, 5.41) is 11.1. The highest BCUT2D eigenvalue weighted by Gasteiger charge is 2.46. The van der Waals surface area contributed by atoms with Crippen LogP contribution >= 0.6 is 0 Å². The van der Waals surface area contributed by atoms with Crippen molar-refractivity contribution in [1.29, 1.82) is 0 Å². The van der Waals surface area contributed by atoms with Crippen molar-refractivity contribution in [3.05, 3.63) is 29.3 Å². The number of likely N-dealkylation sites (tertiary alicyclic amines) is 1. The van der Waals surface area contributed by atoms with Gasteiger partial charge in [-0.15, -0.1) is 0 Å². The molecule has 2 aromatic rings. The molecule has 0 unspecified atom stereocenters. The van der Waals surface area contributed by atoms with Gasteiger partial charge in [0, 0.05) is 37.2 Å². The smallest absolute Gasteiger partial charge is 0.368 e. The Bertz CT molecular complexity index is 875. The van der Waals surface area contributed by atoms with E-state index in [1.807, 2.05) is 0 Å². The van der Waals surface area contributed by atoms with Gasteiger partial charge in [-0.2, -0.15) is 18.3 Å². The lowest BCUT2D eigenvalue weighted by molar-refractivity contribution is -0.173. The predicted octanol–water partition coefficient (Wildman–Crippen LogP) is 3.51. The zero-order chi connectivity index (χ0) is 20.1. The molecule has 2 aromatic heterocycles. The number of halogens is 3. The van der Waals surface area contributed by atoms with E-state index in [9.17, 15) is 18.0 Å². The van der Waals surface area contributed by atoms with Crippen LogP contribution in [0.3, 0.4) is 0 Å². The van der Waals surface area contributed by atoms with Gasteiger partial charge in [0.15, 0.2) is 6.04 Å². The van der Waals surface area contributed by atoms with Crippen LogP contribution in [0.5, 0.6) is 0 Å².